The molecule has 0 aromatic carbocycles. The van der Waals surface area contributed by atoms with Crippen molar-refractivity contribution in [1.29, 1.82) is 0 Å². The van der Waals surface area contributed by atoms with Gasteiger partial charge in [-0.2, -0.15) is 0 Å². The Balaban J connectivity index is 1.91. The molecular formula is C10H11N5O4S2. The third-order valence-electron chi connectivity index (χ3n) is 3.23. The highest BCUT2D eigenvalue weighted by molar-refractivity contribution is 8.22. The zero-order valence-corrected chi connectivity index (χ0v) is 12.6. The SMILES string of the molecule is CC(O)[C@@H]1C(=O)N2C(C(=O)O)=C(Sc3nnnn3C)S[C@H]12. The molecule has 2 aliphatic rings. The van der Waals surface area contributed by atoms with E-state index in [0.717, 1.165) is 11.8 Å². The number of aliphatic hydroxyl groups is 1. The summed E-state index contributed by atoms with van der Waals surface area (Å²) in [5.74, 6) is -2.13. The van der Waals surface area contributed by atoms with Crippen LogP contribution in [-0.2, 0) is 16.6 Å². The Hall–Kier alpha value is -1.59. The van der Waals surface area contributed by atoms with E-state index in [1.165, 1.54) is 28.3 Å². The molecule has 0 radical (unpaired) electrons. The molecule has 1 amide bonds. The fraction of sp³-hybridized carbons (Fsp3) is 0.500. The van der Waals surface area contributed by atoms with Crippen molar-refractivity contribution in [2.24, 2.45) is 13.0 Å². The lowest BCUT2D eigenvalue weighted by molar-refractivity contribution is -0.156. The van der Waals surface area contributed by atoms with Gasteiger partial charge in [0.15, 0.2) is 5.70 Å². The normalized spacial score (nSPS) is 25.9. The van der Waals surface area contributed by atoms with Gasteiger partial charge >= 0.3 is 5.97 Å². The number of fused-ring (bicyclic) bond motifs is 1. The van der Waals surface area contributed by atoms with E-state index < -0.39 is 18.0 Å². The van der Waals surface area contributed by atoms with Crippen LogP contribution in [0.25, 0.3) is 0 Å². The number of amides is 1. The second kappa shape index (κ2) is 5.00. The summed E-state index contributed by atoms with van der Waals surface area (Å²) in [6, 6.07) is 0. The zero-order valence-electron chi connectivity index (χ0n) is 11.0. The highest BCUT2D eigenvalue weighted by atomic mass is 32.2. The average Bonchev–Trinajstić information content (AvgIpc) is 2.92. The fourth-order valence-corrected chi connectivity index (χ4v) is 4.94. The van der Waals surface area contributed by atoms with E-state index in [4.69, 9.17) is 0 Å². The van der Waals surface area contributed by atoms with Crippen LogP contribution in [-0.4, -0.2) is 58.7 Å². The second-order valence-corrected chi connectivity index (χ2v) is 6.97. The quantitative estimate of drug-likeness (QED) is 0.702. The van der Waals surface area contributed by atoms with Crippen LogP contribution in [0.2, 0.25) is 0 Å². The van der Waals surface area contributed by atoms with Gasteiger partial charge in [-0.3, -0.25) is 9.69 Å². The van der Waals surface area contributed by atoms with Gasteiger partial charge in [-0.25, -0.2) is 9.48 Å². The number of aliphatic hydroxyl groups excluding tert-OH is 1. The summed E-state index contributed by atoms with van der Waals surface area (Å²) in [5, 5.41) is 30.0. The molecule has 21 heavy (non-hydrogen) atoms. The number of aliphatic carboxylic acids is 1. The summed E-state index contributed by atoms with van der Waals surface area (Å²) in [6.45, 7) is 1.53. The number of tetrazole rings is 1. The molecular weight excluding hydrogens is 318 g/mol. The smallest absolute Gasteiger partial charge is 0.354 e. The molecule has 112 valence electrons. The van der Waals surface area contributed by atoms with Gasteiger partial charge in [0.1, 0.15) is 5.37 Å². The highest BCUT2D eigenvalue weighted by Gasteiger charge is 2.57. The molecule has 9 nitrogen and oxygen atoms in total. The first-order valence-electron chi connectivity index (χ1n) is 5.97. The van der Waals surface area contributed by atoms with Crippen LogP contribution in [0.3, 0.4) is 0 Å². The molecule has 1 fully saturated rings. The molecule has 11 heteroatoms. The van der Waals surface area contributed by atoms with Crippen molar-refractivity contribution in [2.45, 2.75) is 23.6 Å². The second-order valence-electron chi connectivity index (χ2n) is 4.61. The number of nitrogens with zero attached hydrogens (tertiary/aromatic N) is 5. The number of thioether (sulfide) groups is 2. The lowest BCUT2D eigenvalue weighted by atomic mass is 9.92. The number of β-lactam (4-membered cyclic amide) rings is 1. The highest BCUT2D eigenvalue weighted by Crippen LogP contribution is 2.54. The molecule has 0 bridgehead atoms. The van der Waals surface area contributed by atoms with Gasteiger partial charge in [0, 0.05) is 7.05 Å². The van der Waals surface area contributed by atoms with E-state index in [9.17, 15) is 19.8 Å². The number of hydrogen-bond acceptors (Lipinski definition) is 8. The van der Waals surface area contributed by atoms with E-state index in [1.807, 2.05) is 0 Å². The molecule has 0 aliphatic carbocycles. The zero-order chi connectivity index (χ0) is 15.3. The lowest BCUT2D eigenvalue weighted by Gasteiger charge is -2.43. The Morgan fingerprint density at radius 3 is 2.76 bits per heavy atom. The van der Waals surface area contributed by atoms with Crippen LogP contribution >= 0.6 is 23.5 Å². The minimum atomic E-state index is -1.18. The summed E-state index contributed by atoms with van der Waals surface area (Å²) in [7, 11) is 1.64. The van der Waals surface area contributed by atoms with Crippen molar-refractivity contribution in [3.8, 4) is 0 Å². The Morgan fingerprint density at radius 1 is 1.52 bits per heavy atom. The van der Waals surface area contributed by atoms with Crippen LogP contribution in [0.4, 0.5) is 0 Å². The molecule has 3 heterocycles. The van der Waals surface area contributed by atoms with Crippen molar-refractivity contribution in [3.05, 3.63) is 9.93 Å². The van der Waals surface area contributed by atoms with E-state index in [-0.39, 0.29) is 17.0 Å². The third kappa shape index (κ3) is 2.12. The van der Waals surface area contributed by atoms with Crippen molar-refractivity contribution < 1.29 is 19.8 Å². The third-order valence-corrected chi connectivity index (χ3v) is 5.83. The summed E-state index contributed by atoms with van der Waals surface area (Å²) in [5.41, 5.74) is -0.0695. The maximum absolute atomic E-state index is 12.0. The first-order valence-corrected chi connectivity index (χ1v) is 7.67. The summed E-state index contributed by atoms with van der Waals surface area (Å²) < 4.78 is 1.86. The van der Waals surface area contributed by atoms with Gasteiger partial charge in [0.2, 0.25) is 11.1 Å². The number of hydrogen-bond donors (Lipinski definition) is 2. The van der Waals surface area contributed by atoms with E-state index >= 15 is 0 Å². The number of carbonyl (C=O) groups excluding carboxylic acids is 1. The molecule has 3 atom stereocenters. The topological polar surface area (TPSA) is 121 Å². The van der Waals surface area contributed by atoms with Gasteiger partial charge < -0.3 is 10.2 Å². The van der Waals surface area contributed by atoms with Crippen molar-refractivity contribution >= 4 is 35.4 Å². The molecule has 2 N–H and O–H groups in total. The van der Waals surface area contributed by atoms with Crippen LogP contribution < -0.4 is 0 Å². The number of carbonyl (C=O) groups is 2. The predicted octanol–water partition coefficient (Wildman–Crippen LogP) is -0.532. The molecule has 2 aliphatic heterocycles. The summed E-state index contributed by atoms with van der Waals surface area (Å²) in [4.78, 5) is 24.7. The van der Waals surface area contributed by atoms with Crippen LogP contribution in [0, 0.1) is 5.92 Å². The Bertz CT molecular complexity index is 658. The number of carboxylic acid groups (broad SMARTS) is 1. The van der Waals surface area contributed by atoms with Gasteiger partial charge in [-0.1, -0.05) is 11.8 Å². The molecule has 1 saturated heterocycles. The van der Waals surface area contributed by atoms with Crippen LogP contribution in [0.15, 0.2) is 15.1 Å². The lowest BCUT2D eigenvalue weighted by Crippen LogP contribution is -2.60. The molecule has 1 aromatic rings. The molecule has 1 aromatic heterocycles. The number of aromatic nitrogens is 4. The maximum atomic E-state index is 12.0. The summed E-state index contributed by atoms with van der Waals surface area (Å²) in [6.07, 6.45) is -0.817. The van der Waals surface area contributed by atoms with Crippen LogP contribution in [0.1, 0.15) is 6.92 Å². The monoisotopic (exact) mass is 329 g/mol. The van der Waals surface area contributed by atoms with E-state index in [2.05, 4.69) is 15.5 Å². The van der Waals surface area contributed by atoms with Crippen molar-refractivity contribution in [1.82, 2.24) is 25.1 Å². The number of carboxylic acids is 1. The molecule has 1 unspecified atom stereocenters. The molecule has 3 rings (SSSR count). The van der Waals surface area contributed by atoms with Gasteiger partial charge in [-0.05, 0) is 29.1 Å². The standard InChI is InChI=1S/C10H11N5O4S2/c1-3(16)4-6(17)15-5(8(18)19)9(20-7(4)15)21-10-11-12-13-14(10)2/h3-4,7,16H,1-2H3,(H,18,19)/t3?,4-,7-/m1/s1. The van der Waals surface area contributed by atoms with E-state index in [1.54, 1.807) is 7.05 Å². The predicted molar refractivity (Wildman–Crippen MR) is 72.7 cm³/mol. The van der Waals surface area contributed by atoms with Gasteiger partial charge in [0.25, 0.3) is 0 Å². The van der Waals surface area contributed by atoms with Crippen molar-refractivity contribution in [3.63, 3.8) is 0 Å². The first kappa shape index (κ1) is 14.4. The van der Waals surface area contributed by atoms with Crippen LogP contribution in [0.5, 0.6) is 0 Å². The minimum Gasteiger partial charge on any atom is -0.477 e. The average molecular weight is 329 g/mol. The minimum absolute atomic E-state index is 0.0695. The molecule has 0 saturated carbocycles. The fourth-order valence-electron chi connectivity index (χ4n) is 2.21. The number of rotatable bonds is 4. The largest absolute Gasteiger partial charge is 0.477 e. The Morgan fingerprint density at radius 2 is 2.24 bits per heavy atom. The van der Waals surface area contributed by atoms with Crippen molar-refractivity contribution in [2.75, 3.05) is 0 Å². The Labute approximate surface area is 127 Å². The van der Waals surface area contributed by atoms with Gasteiger partial charge in [-0.15, -0.1) is 5.10 Å². The first-order chi connectivity index (χ1) is 9.91. The maximum Gasteiger partial charge on any atom is 0.354 e. The van der Waals surface area contributed by atoms with Gasteiger partial charge in [0.05, 0.1) is 16.3 Å². The van der Waals surface area contributed by atoms with E-state index in [0.29, 0.717) is 9.39 Å². The molecule has 0 spiro atoms. The summed E-state index contributed by atoms with van der Waals surface area (Å²) >= 11 is 2.34. The Kier molecular flexibility index (Phi) is 3.42. The number of aryl methyl sites for hydroxylation is 1.